The molecule has 0 atom stereocenters. The number of hydrogen-bond donors (Lipinski definition) is 0. The number of rotatable bonds is 6. The highest BCUT2D eigenvalue weighted by molar-refractivity contribution is 5.85. The first kappa shape index (κ1) is 22.3. The summed E-state index contributed by atoms with van der Waals surface area (Å²) in [6.07, 6.45) is 1.94. The van der Waals surface area contributed by atoms with Crippen molar-refractivity contribution in [2.45, 2.75) is 26.7 Å². The van der Waals surface area contributed by atoms with Gasteiger partial charge in [0.2, 0.25) is 0 Å². The van der Waals surface area contributed by atoms with Gasteiger partial charge in [0.1, 0.15) is 6.61 Å². The highest BCUT2D eigenvalue weighted by Gasteiger charge is 2.31. The molecule has 1 aliphatic rings. The Balaban J connectivity index is 0. The van der Waals surface area contributed by atoms with Crippen molar-refractivity contribution in [2.75, 3.05) is 53.4 Å². The molecule has 0 bridgehead atoms. The van der Waals surface area contributed by atoms with Crippen molar-refractivity contribution >= 4 is 18.4 Å². The first-order valence-electron chi connectivity index (χ1n) is 7.19. The van der Waals surface area contributed by atoms with E-state index in [1.807, 2.05) is 0 Å². The molecule has 0 aromatic carbocycles. The molecule has 0 aliphatic carbocycles. The average Bonchev–Trinajstić information content (AvgIpc) is 2.34. The van der Waals surface area contributed by atoms with Gasteiger partial charge in [-0.05, 0) is 13.1 Å². The van der Waals surface area contributed by atoms with Crippen molar-refractivity contribution in [2.24, 2.45) is 5.92 Å². The first-order valence-corrected chi connectivity index (χ1v) is 7.19. The molecule has 1 saturated heterocycles. The van der Waals surface area contributed by atoms with Gasteiger partial charge in [-0.2, -0.15) is 0 Å². The molecule has 0 N–H and O–H groups in total. The number of quaternary nitrogens is 1. The standard InChI is InChI=1S/C14H29N2O2.2ClH/c1-5-15(6-2)9-12-18-14(17)13-7-10-16(3,4)11-8-13;;/h13H,5-12H2,1-4H3;2*1H/q+1;;/p-1. The topological polar surface area (TPSA) is 29.5 Å². The van der Waals surface area contributed by atoms with E-state index < -0.39 is 0 Å². The molecule has 1 fully saturated rings. The van der Waals surface area contributed by atoms with Crippen molar-refractivity contribution < 1.29 is 26.4 Å². The molecule has 1 aliphatic heterocycles. The van der Waals surface area contributed by atoms with Crippen LogP contribution >= 0.6 is 12.4 Å². The van der Waals surface area contributed by atoms with Crippen molar-refractivity contribution in [3.8, 4) is 0 Å². The van der Waals surface area contributed by atoms with Gasteiger partial charge < -0.3 is 26.5 Å². The van der Waals surface area contributed by atoms with E-state index in [4.69, 9.17) is 4.74 Å². The summed E-state index contributed by atoms with van der Waals surface area (Å²) in [5, 5.41) is 0. The van der Waals surface area contributed by atoms with E-state index >= 15 is 0 Å². The molecule has 0 spiro atoms. The lowest BCUT2D eigenvalue weighted by Gasteiger charge is -2.36. The maximum Gasteiger partial charge on any atom is 0.309 e. The summed E-state index contributed by atoms with van der Waals surface area (Å²) in [5.74, 6) is 0.148. The largest absolute Gasteiger partial charge is 1.00 e. The molecule has 0 amide bonds. The molecule has 6 heteroatoms. The molecule has 1 rings (SSSR count). The summed E-state index contributed by atoms with van der Waals surface area (Å²) in [5.41, 5.74) is 0. The second-order valence-electron chi connectivity index (χ2n) is 5.85. The molecular formula is C14H30Cl2N2O2. The zero-order chi connectivity index (χ0) is 13.6. The number of esters is 1. The van der Waals surface area contributed by atoms with Gasteiger partial charge in [0.05, 0.1) is 33.1 Å². The summed E-state index contributed by atoms with van der Waals surface area (Å²) in [6, 6.07) is 0. The first-order chi connectivity index (χ1) is 8.48. The van der Waals surface area contributed by atoms with E-state index in [1.165, 1.54) is 0 Å². The lowest BCUT2D eigenvalue weighted by Crippen LogP contribution is -3.00. The van der Waals surface area contributed by atoms with Crippen molar-refractivity contribution in [1.29, 1.82) is 0 Å². The lowest BCUT2D eigenvalue weighted by atomic mass is 9.96. The van der Waals surface area contributed by atoms with Crippen LogP contribution in [0.3, 0.4) is 0 Å². The normalized spacial score (nSPS) is 18.1. The minimum Gasteiger partial charge on any atom is -1.00 e. The zero-order valence-electron chi connectivity index (χ0n) is 13.2. The molecule has 0 saturated carbocycles. The molecule has 0 aromatic rings. The van der Waals surface area contributed by atoms with Gasteiger partial charge in [-0.15, -0.1) is 12.4 Å². The van der Waals surface area contributed by atoms with Crippen LogP contribution in [0.25, 0.3) is 0 Å². The number of carbonyl (C=O) groups is 1. The van der Waals surface area contributed by atoms with Gasteiger partial charge in [0, 0.05) is 19.4 Å². The fraction of sp³-hybridized carbons (Fsp3) is 0.929. The second-order valence-corrected chi connectivity index (χ2v) is 5.85. The third-order valence-corrected chi connectivity index (χ3v) is 4.05. The van der Waals surface area contributed by atoms with E-state index in [-0.39, 0.29) is 36.7 Å². The van der Waals surface area contributed by atoms with Gasteiger partial charge in [0.15, 0.2) is 0 Å². The van der Waals surface area contributed by atoms with Gasteiger partial charge in [0.25, 0.3) is 0 Å². The van der Waals surface area contributed by atoms with Gasteiger partial charge in [-0.3, -0.25) is 4.79 Å². The van der Waals surface area contributed by atoms with Crippen molar-refractivity contribution in [3.05, 3.63) is 0 Å². The number of likely N-dealkylation sites (N-methyl/N-ethyl adjacent to an activating group) is 1. The highest BCUT2D eigenvalue weighted by Crippen LogP contribution is 2.21. The monoisotopic (exact) mass is 328 g/mol. The van der Waals surface area contributed by atoms with E-state index in [1.54, 1.807) is 0 Å². The molecule has 122 valence electrons. The Morgan fingerprint density at radius 2 is 1.70 bits per heavy atom. The molecule has 1 heterocycles. The van der Waals surface area contributed by atoms with Crippen LogP contribution < -0.4 is 12.4 Å². The van der Waals surface area contributed by atoms with Crippen LogP contribution in [-0.2, 0) is 9.53 Å². The van der Waals surface area contributed by atoms with Crippen molar-refractivity contribution in [3.63, 3.8) is 0 Å². The van der Waals surface area contributed by atoms with E-state index in [0.29, 0.717) is 6.61 Å². The second kappa shape index (κ2) is 10.7. The Morgan fingerprint density at radius 1 is 1.20 bits per heavy atom. The predicted molar refractivity (Wildman–Crippen MR) is 80.6 cm³/mol. The Labute approximate surface area is 136 Å². The van der Waals surface area contributed by atoms with Crippen molar-refractivity contribution in [1.82, 2.24) is 4.90 Å². The highest BCUT2D eigenvalue weighted by atomic mass is 35.5. The maximum absolute atomic E-state index is 11.9. The summed E-state index contributed by atoms with van der Waals surface area (Å²) in [4.78, 5) is 14.2. The van der Waals surface area contributed by atoms with E-state index in [2.05, 4.69) is 32.8 Å². The molecule has 0 aromatic heterocycles. The summed E-state index contributed by atoms with van der Waals surface area (Å²) in [6.45, 7) is 9.85. The summed E-state index contributed by atoms with van der Waals surface area (Å²) >= 11 is 0. The fourth-order valence-electron chi connectivity index (χ4n) is 2.44. The Morgan fingerprint density at radius 3 is 2.15 bits per heavy atom. The quantitative estimate of drug-likeness (QED) is 0.452. The Hall–Kier alpha value is -0.0300. The molecule has 0 radical (unpaired) electrons. The molecular weight excluding hydrogens is 299 g/mol. The number of hydrogen-bond acceptors (Lipinski definition) is 3. The lowest BCUT2D eigenvalue weighted by molar-refractivity contribution is -0.895. The van der Waals surface area contributed by atoms with Crippen LogP contribution in [0.1, 0.15) is 26.7 Å². The van der Waals surface area contributed by atoms with Gasteiger partial charge in [-0.1, -0.05) is 13.8 Å². The van der Waals surface area contributed by atoms with E-state index in [0.717, 1.165) is 50.0 Å². The average molecular weight is 329 g/mol. The summed E-state index contributed by atoms with van der Waals surface area (Å²) < 4.78 is 6.43. The van der Waals surface area contributed by atoms with Crippen LogP contribution in [0.4, 0.5) is 0 Å². The third-order valence-electron chi connectivity index (χ3n) is 4.05. The van der Waals surface area contributed by atoms with Crippen LogP contribution in [0.2, 0.25) is 0 Å². The third kappa shape index (κ3) is 7.67. The molecule has 0 unspecified atom stereocenters. The smallest absolute Gasteiger partial charge is 0.309 e. The number of carbonyl (C=O) groups excluding carboxylic acids is 1. The minimum atomic E-state index is 0. The number of piperidine rings is 1. The van der Waals surface area contributed by atoms with Crippen LogP contribution in [0.5, 0.6) is 0 Å². The fourth-order valence-corrected chi connectivity index (χ4v) is 2.44. The van der Waals surface area contributed by atoms with Crippen LogP contribution in [0.15, 0.2) is 0 Å². The van der Waals surface area contributed by atoms with E-state index in [9.17, 15) is 4.79 Å². The molecule has 20 heavy (non-hydrogen) atoms. The zero-order valence-corrected chi connectivity index (χ0v) is 14.8. The van der Waals surface area contributed by atoms with Crippen LogP contribution in [-0.4, -0.2) is 68.8 Å². The SMILES string of the molecule is CCN(CC)CCOC(=O)C1CC[N+](C)(C)CC1.Cl.[Cl-]. The number of nitrogens with zero attached hydrogens (tertiary/aromatic N) is 2. The minimum absolute atomic E-state index is 0. The maximum atomic E-state index is 11.9. The number of likely N-dealkylation sites (tertiary alicyclic amines) is 1. The Bertz CT molecular complexity index is 262. The Kier molecular flexibility index (Phi) is 11.9. The predicted octanol–water partition coefficient (Wildman–Crippen LogP) is -1.22. The molecule has 4 nitrogen and oxygen atoms in total. The van der Waals surface area contributed by atoms with Gasteiger partial charge in [-0.25, -0.2) is 0 Å². The summed E-state index contributed by atoms with van der Waals surface area (Å²) in [7, 11) is 4.45. The number of halogens is 2. The van der Waals surface area contributed by atoms with Gasteiger partial charge >= 0.3 is 5.97 Å². The number of ether oxygens (including phenoxy) is 1. The van der Waals surface area contributed by atoms with Crippen LogP contribution in [0, 0.1) is 5.92 Å².